The molecule has 0 spiro atoms. The summed E-state index contributed by atoms with van der Waals surface area (Å²) < 4.78 is 2.25. The van der Waals surface area contributed by atoms with Gasteiger partial charge in [-0.2, -0.15) is 0 Å². The van der Waals surface area contributed by atoms with Gasteiger partial charge in [0.1, 0.15) is 13.1 Å². The number of quaternary nitrogens is 1. The minimum Gasteiger partial charge on any atom is -0.336 e. The van der Waals surface area contributed by atoms with Gasteiger partial charge in [0.2, 0.25) is 0 Å². The molecule has 4 nitrogen and oxygen atoms in total. The Morgan fingerprint density at radius 2 is 1.83 bits per heavy atom. The Bertz CT molecular complexity index is 783. The lowest BCUT2D eigenvalue weighted by Crippen LogP contribution is -2.81. The lowest BCUT2D eigenvalue weighted by Gasteiger charge is -2.13. The van der Waals surface area contributed by atoms with Gasteiger partial charge in [-0.1, -0.05) is 23.8 Å². The number of nitrogens with two attached hydrogens (primary N) is 1. The fraction of sp³-hybridized carbons (Fsp3) is 0.300. The molecule has 2 aromatic heterocycles. The molecule has 0 radical (unpaired) electrons. The van der Waals surface area contributed by atoms with Gasteiger partial charge < -0.3 is 9.88 Å². The van der Waals surface area contributed by atoms with Crippen LogP contribution in [-0.4, -0.2) is 14.5 Å². The third-order valence-electron chi connectivity index (χ3n) is 4.40. The van der Waals surface area contributed by atoms with E-state index in [2.05, 4.69) is 65.0 Å². The first-order chi connectivity index (χ1) is 11.6. The van der Waals surface area contributed by atoms with Crippen molar-refractivity contribution in [2.24, 2.45) is 0 Å². The van der Waals surface area contributed by atoms with E-state index in [0.717, 1.165) is 25.5 Å². The molecular formula is C20H25N4+. The fourth-order valence-corrected chi connectivity index (χ4v) is 3.19. The quantitative estimate of drug-likeness (QED) is 0.758. The Balaban J connectivity index is 1.67. The van der Waals surface area contributed by atoms with Crippen molar-refractivity contribution in [2.45, 2.75) is 40.4 Å². The number of aromatic nitrogens is 3. The molecule has 0 fully saturated rings. The second-order valence-corrected chi connectivity index (χ2v) is 6.41. The highest BCUT2D eigenvalue weighted by Gasteiger charge is 2.09. The number of rotatable bonds is 6. The largest absolute Gasteiger partial charge is 0.336 e. The molecule has 0 atom stereocenters. The highest BCUT2D eigenvalue weighted by atomic mass is 15.1. The van der Waals surface area contributed by atoms with E-state index >= 15 is 0 Å². The van der Waals surface area contributed by atoms with Crippen molar-refractivity contribution in [1.82, 2.24) is 14.5 Å². The Morgan fingerprint density at radius 3 is 2.54 bits per heavy atom. The van der Waals surface area contributed by atoms with Gasteiger partial charge in [0, 0.05) is 36.9 Å². The van der Waals surface area contributed by atoms with E-state index in [0.29, 0.717) is 0 Å². The third kappa shape index (κ3) is 3.89. The molecule has 3 aromatic rings. The van der Waals surface area contributed by atoms with Crippen LogP contribution in [0.5, 0.6) is 0 Å². The number of aryl methyl sites for hydroxylation is 3. The molecule has 0 saturated carbocycles. The van der Waals surface area contributed by atoms with Gasteiger partial charge in [-0.3, -0.25) is 4.98 Å². The molecule has 0 aliphatic carbocycles. The van der Waals surface area contributed by atoms with Gasteiger partial charge in [0.15, 0.2) is 5.82 Å². The van der Waals surface area contributed by atoms with Crippen LogP contribution >= 0.6 is 0 Å². The number of hydrogen-bond donors (Lipinski definition) is 1. The Hall–Kier alpha value is -2.46. The highest BCUT2D eigenvalue weighted by Crippen LogP contribution is 2.18. The van der Waals surface area contributed by atoms with Crippen LogP contribution in [0.1, 0.15) is 33.6 Å². The number of imidazole rings is 1. The summed E-state index contributed by atoms with van der Waals surface area (Å²) >= 11 is 0. The molecule has 3 rings (SSSR count). The summed E-state index contributed by atoms with van der Waals surface area (Å²) in [6, 6.07) is 8.60. The normalized spacial score (nSPS) is 11.0. The van der Waals surface area contributed by atoms with Gasteiger partial charge in [-0.25, -0.2) is 4.98 Å². The molecule has 2 N–H and O–H groups in total. The van der Waals surface area contributed by atoms with E-state index in [-0.39, 0.29) is 0 Å². The predicted molar refractivity (Wildman–Crippen MR) is 95.6 cm³/mol. The van der Waals surface area contributed by atoms with Crippen LogP contribution in [0.3, 0.4) is 0 Å². The topological polar surface area (TPSA) is 47.3 Å². The maximum absolute atomic E-state index is 4.54. The Kier molecular flexibility index (Phi) is 5.06. The first-order valence-corrected chi connectivity index (χ1v) is 8.41. The molecule has 0 saturated heterocycles. The zero-order valence-corrected chi connectivity index (χ0v) is 14.7. The zero-order valence-electron chi connectivity index (χ0n) is 14.7. The summed E-state index contributed by atoms with van der Waals surface area (Å²) in [6.07, 6.45) is 7.70. The molecule has 1 aromatic carbocycles. The molecule has 0 aliphatic rings. The summed E-state index contributed by atoms with van der Waals surface area (Å²) in [4.78, 5) is 8.70. The average Bonchev–Trinajstić information content (AvgIpc) is 2.99. The highest BCUT2D eigenvalue weighted by molar-refractivity contribution is 5.37. The summed E-state index contributed by atoms with van der Waals surface area (Å²) in [5.74, 6) is 1.11. The average molecular weight is 321 g/mol. The van der Waals surface area contributed by atoms with Crippen molar-refractivity contribution in [3.8, 4) is 0 Å². The summed E-state index contributed by atoms with van der Waals surface area (Å²) in [7, 11) is 0. The fourth-order valence-electron chi connectivity index (χ4n) is 3.19. The first kappa shape index (κ1) is 16.4. The SMILES string of the molecule is Cc1cc(C)c(Cn2ccnc2C[NH2+]Cc2cccnc2)c(C)c1. The van der Waals surface area contributed by atoms with Gasteiger partial charge in [-0.05, 0) is 43.5 Å². The van der Waals surface area contributed by atoms with Gasteiger partial charge in [0.05, 0.1) is 0 Å². The van der Waals surface area contributed by atoms with Crippen LogP contribution < -0.4 is 5.32 Å². The second-order valence-electron chi connectivity index (χ2n) is 6.41. The summed E-state index contributed by atoms with van der Waals surface area (Å²) in [5, 5.41) is 2.27. The maximum Gasteiger partial charge on any atom is 0.164 e. The molecule has 4 heteroatoms. The van der Waals surface area contributed by atoms with Crippen LogP contribution in [0.2, 0.25) is 0 Å². The molecule has 124 valence electrons. The zero-order chi connectivity index (χ0) is 16.9. The minimum atomic E-state index is 0.867. The first-order valence-electron chi connectivity index (χ1n) is 8.41. The van der Waals surface area contributed by atoms with E-state index in [1.54, 1.807) is 0 Å². The number of hydrogen-bond acceptors (Lipinski definition) is 2. The standard InChI is InChI=1S/C20H24N4/c1-15-9-16(2)19(17(3)10-15)14-24-8-7-23-20(24)13-22-12-18-5-4-6-21-11-18/h4-11,22H,12-14H2,1-3H3/p+1. The van der Waals surface area contributed by atoms with Crippen molar-refractivity contribution in [3.63, 3.8) is 0 Å². The van der Waals surface area contributed by atoms with Crippen LogP contribution in [0.15, 0.2) is 49.1 Å². The van der Waals surface area contributed by atoms with Gasteiger partial charge in [-0.15, -0.1) is 0 Å². The van der Waals surface area contributed by atoms with Crippen LogP contribution in [-0.2, 0) is 19.6 Å². The van der Waals surface area contributed by atoms with E-state index in [1.807, 2.05) is 24.7 Å². The Morgan fingerprint density at radius 1 is 1.04 bits per heavy atom. The smallest absolute Gasteiger partial charge is 0.164 e. The monoisotopic (exact) mass is 321 g/mol. The molecule has 0 aliphatic heterocycles. The summed E-state index contributed by atoms with van der Waals surface area (Å²) in [5.41, 5.74) is 6.66. The van der Waals surface area contributed by atoms with Gasteiger partial charge >= 0.3 is 0 Å². The number of pyridine rings is 1. The summed E-state index contributed by atoms with van der Waals surface area (Å²) in [6.45, 7) is 9.21. The molecule has 24 heavy (non-hydrogen) atoms. The molecule has 0 unspecified atom stereocenters. The van der Waals surface area contributed by atoms with E-state index < -0.39 is 0 Å². The molecule has 0 amide bonds. The van der Waals surface area contributed by atoms with E-state index in [4.69, 9.17) is 0 Å². The van der Waals surface area contributed by atoms with Crippen molar-refractivity contribution in [3.05, 3.63) is 82.7 Å². The number of nitrogens with zero attached hydrogens (tertiary/aromatic N) is 3. The molecular weight excluding hydrogens is 296 g/mol. The van der Waals surface area contributed by atoms with Gasteiger partial charge in [0.25, 0.3) is 0 Å². The van der Waals surface area contributed by atoms with E-state index in [1.165, 1.54) is 27.8 Å². The van der Waals surface area contributed by atoms with Crippen molar-refractivity contribution < 1.29 is 5.32 Å². The minimum absolute atomic E-state index is 0.867. The lowest BCUT2D eigenvalue weighted by atomic mass is 10.00. The Labute approximate surface area is 143 Å². The second kappa shape index (κ2) is 7.41. The van der Waals surface area contributed by atoms with Crippen molar-refractivity contribution in [2.75, 3.05) is 0 Å². The third-order valence-corrected chi connectivity index (χ3v) is 4.40. The number of benzene rings is 1. The van der Waals surface area contributed by atoms with E-state index in [9.17, 15) is 0 Å². The van der Waals surface area contributed by atoms with Crippen LogP contribution in [0.25, 0.3) is 0 Å². The predicted octanol–water partition coefficient (Wildman–Crippen LogP) is 2.52. The lowest BCUT2D eigenvalue weighted by molar-refractivity contribution is -0.687. The molecule has 0 bridgehead atoms. The van der Waals surface area contributed by atoms with Crippen LogP contribution in [0, 0.1) is 20.8 Å². The van der Waals surface area contributed by atoms with Crippen molar-refractivity contribution >= 4 is 0 Å². The van der Waals surface area contributed by atoms with Crippen molar-refractivity contribution in [1.29, 1.82) is 0 Å². The molecule has 2 heterocycles. The maximum atomic E-state index is 4.54. The van der Waals surface area contributed by atoms with Crippen LogP contribution in [0.4, 0.5) is 0 Å².